The summed E-state index contributed by atoms with van der Waals surface area (Å²) in [5, 5.41) is 27.8. The number of nitro groups is 2. The number of benzene rings is 1. The standard InChI is InChI=1S/C14H13F2N5O7/c1-27-14-11(21(25)26)5-19(18-14)6-13(22)17-8-2-9(20(23)24)4-10(3-8)28-7-12(15)16/h2-5,12H,6-7H2,1H3,(H,17,22). The average Bonchev–Trinajstić information content (AvgIpc) is 3.02. The quantitative estimate of drug-likeness (QED) is 0.495. The van der Waals surface area contributed by atoms with Gasteiger partial charge in [0, 0.05) is 12.1 Å². The number of ether oxygens (including phenoxy) is 2. The number of aromatic nitrogens is 2. The van der Waals surface area contributed by atoms with E-state index in [0.29, 0.717) is 0 Å². The normalized spacial score (nSPS) is 10.6. The molecule has 0 bridgehead atoms. The van der Waals surface area contributed by atoms with Crippen molar-refractivity contribution in [3.05, 3.63) is 44.6 Å². The molecular weight excluding hydrogens is 388 g/mol. The van der Waals surface area contributed by atoms with Crippen LogP contribution in [0.15, 0.2) is 24.4 Å². The van der Waals surface area contributed by atoms with E-state index in [4.69, 9.17) is 9.47 Å². The van der Waals surface area contributed by atoms with Gasteiger partial charge in [0.1, 0.15) is 25.1 Å². The molecule has 12 nitrogen and oxygen atoms in total. The number of alkyl halides is 2. The van der Waals surface area contributed by atoms with Crippen molar-refractivity contribution < 1.29 is 32.9 Å². The molecule has 2 rings (SSSR count). The molecule has 2 aromatic rings. The van der Waals surface area contributed by atoms with Crippen molar-refractivity contribution in [2.45, 2.75) is 13.0 Å². The number of carbonyl (C=O) groups excluding carboxylic acids is 1. The molecular formula is C14H13F2N5O7. The Labute approximate surface area is 154 Å². The maximum absolute atomic E-state index is 12.3. The first-order valence-corrected chi connectivity index (χ1v) is 7.45. The zero-order valence-corrected chi connectivity index (χ0v) is 14.2. The number of non-ortho nitro benzene ring substituents is 1. The summed E-state index contributed by atoms with van der Waals surface area (Å²) in [5.74, 6) is -1.27. The minimum Gasteiger partial charge on any atom is -0.487 e. The summed E-state index contributed by atoms with van der Waals surface area (Å²) in [6.07, 6.45) is -1.81. The SMILES string of the molecule is COc1nn(CC(=O)Nc2cc(OCC(F)F)cc([N+](=O)[O-])c2)cc1[N+](=O)[O-]. The summed E-state index contributed by atoms with van der Waals surface area (Å²) >= 11 is 0. The lowest BCUT2D eigenvalue weighted by molar-refractivity contribution is -0.385. The summed E-state index contributed by atoms with van der Waals surface area (Å²) < 4.78 is 34.9. The van der Waals surface area contributed by atoms with E-state index in [2.05, 4.69) is 10.4 Å². The molecule has 14 heteroatoms. The summed E-state index contributed by atoms with van der Waals surface area (Å²) in [6.45, 7) is -1.45. The Morgan fingerprint density at radius 2 is 2.00 bits per heavy atom. The number of halogens is 2. The highest BCUT2D eigenvalue weighted by Gasteiger charge is 2.21. The summed E-state index contributed by atoms with van der Waals surface area (Å²) in [7, 11) is 1.17. The third-order valence-electron chi connectivity index (χ3n) is 3.17. The van der Waals surface area contributed by atoms with Crippen LogP contribution in [-0.4, -0.2) is 45.7 Å². The van der Waals surface area contributed by atoms with E-state index >= 15 is 0 Å². The predicted molar refractivity (Wildman–Crippen MR) is 88.7 cm³/mol. The Bertz CT molecular complexity index is 902. The molecule has 0 fully saturated rings. The van der Waals surface area contributed by atoms with Crippen LogP contribution >= 0.6 is 0 Å². The monoisotopic (exact) mass is 401 g/mol. The van der Waals surface area contributed by atoms with Gasteiger partial charge in [-0.3, -0.25) is 29.7 Å². The van der Waals surface area contributed by atoms with Crippen LogP contribution in [0.2, 0.25) is 0 Å². The molecule has 1 amide bonds. The lowest BCUT2D eigenvalue weighted by Gasteiger charge is -2.09. The van der Waals surface area contributed by atoms with Gasteiger partial charge in [-0.1, -0.05) is 0 Å². The number of nitrogens with one attached hydrogen (secondary N) is 1. The fraction of sp³-hybridized carbons (Fsp3) is 0.286. The first-order chi connectivity index (χ1) is 13.2. The van der Waals surface area contributed by atoms with Gasteiger partial charge in [-0.15, -0.1) is 5.10 Å². The zero-order valence-electron chi connectivity index (χ0n) is 14.2. The Morgan fingerprint density at radius 1 is 1.29 bits per heavy atom. The number of rotatable bonds is 9. The number of hydrogen-bond donors (Lipinski definition) is 1. The van der Waals surface area contributed by atoms with E-state index in [1.54, 1.807) is 0 Å². The van der Waals surface area contributed by atoms with Crippen LogP contribution in [0.5, 0.6) is 11.6 Å². The van der Waals surface area contributed by atoms with E-state index in [0.717, 1.165) is 29.1 Å². The van der Waals surface area contributed by atoms with Gasteiger partial charge in [0.2, 0.25) is 5.91 Å². The van der Waals surface area contributed by atoms with E-state index in [1.807, 2.05) is 0 Å². The highest BCUT2D eigenvalue weighted by molar-refractivity contribution is 5.91. The Hall–Kier alpha value is -3.84. The van der Waals surface area contributed by atoms with Crippen molar-refractivity contribution in [1.29, 1.82) is 0 Å². The smallest absolute Gasteiger partial charge is 0.350 e. The molecule has 0 saturated heterocycles. The lowest BCUT2D eigenvalue weighted by Crippen LogP contribution is -2.19. The largest absolute Gasteiger partial charge is 0.487 e. The molecule has 1 aromatic heterocycles. The lowest BCUT2D eigenvalue weighted by atomic mass is 10.2. The highest BCUT2D eigenvalue weighted by atomic mass is 19.3. The predicted octanol–water partition coefficient (Wildman–Crippen LogP) is 1.99. The average molecular weight is 401 g/mol. The fourth-order valence-electron chi connectivity index (χ4n) is 2.10. The first-order valence-electron chi connectivity index (χ1n) is 7.45. The maximum atomic E-state index is 12.3. The maximum Gasteiger partial charge on any atom is 0.350 e. The van der Waals surface area contributed by atoms with Gasteiger partial charge in [0.05, 0.1) is 28.7 Å². The molecule has 0 aliphatic heterocycles. The number of amides is 1. The minimum atomic E-state index is -2.79. The summed E-state index contributed by atoms with van der Waals surface area (Å²) in [6, 6.07) is 3.05. The fourth-order valence-corrected chi connectivity index (χ4v) is 2.10. The van der Waals surface area contributed by atoms with Crippen LogP contribution in [0.4, 0.5) is 25.8 Å². The van der Waals surface area contributed by atoms with Crippen molar-refractivity contribution in [3.8, 4) is 11.6 Å². The molecule has 0 unspecified atom stereocenters. The minimum absolute atomic E-state index is 0.0860. The van der Waals surface area contributed by atoms with Crippen molar-refractivity contribution >= 4 is 23.0 Å². The number of carbonyl (C=O) groups is 1. The number of nitrogens with zero attached hydrogens (tertiary/aromatic N) is 4. The number of nitro benzene ring substituents is 1. The van der Waals surface area contributed by atoms with E-state index in [9.17, 15) is 33.8 Å². The molecule has 0 aliphatic rings. The van der Waals surface area contributed by atoms with E-state index in [1.165, 1.54) is 7.11 Å². The third-order valence-corrected chi connectivity index (χ3v) is 3.17. The Balaban J connectivity index is 2.16. The van der Waals surface area contributed by atoms with Crippen LogP contribution in [0.25, 0.3) is 0 Å². The van der Waals surface area contributed by atoms with Gasteiger partial charge >= 0.3 is 11.6 Å². The molecule has 0 spiro atoms. The highest BCUT2D eigenvalue weighted by Crippen LogP contribution is 2.27. The van der Waals surface area contributed by atoms with Crippen LogP contribution in [0, 0.1) is 20.2 Å². The molecule has 0 saturated carbocycles. The second-order valence-electron chi connectivity index (χ2n) is 5.20. The molecule has 1 aromatic carbocycles. The van der Waals surface area contributed by atoms with E-state index < -0.39 is 46.7 Å². The van der Waals surface area contributed by atoms with Crippen molar-refractivity contribution in [1.82, 2.24) is 9.78 Å². The van der Waals surface area contributed by atoms with Crippen LogP contribution < -0.4 is 14.8 Å². The molecule has 1 heterocycles. The van der Waals surface area contributed by atoms with Crippen LogP contribution in [0.3, 0.4) is 0 Å². The van der Waals surface area contributed by atoms with Crippen LogP contribution in [-0.2, 0) is 11.3 Å². The van der Waals surface area contributed by atoms with Gasteiger partial charge in [0.15, 0.2) is 0 Å². The second kappa shape index (κ2) is 8.70. The van der Waals surface area contributed by atoms with Crippen molar-refractivity contribution in [2.24, 2.45) is 0 Å². The molecule has 1 N–H and O–H groups in total. The van der Waals surface area contributed by atoms with E-state index in [-0.39, 0.29) is 17.3 Å². The summed E-state index contributed by atoms with van der Waals surface area (Å²) in [5.41, 5.74) is -1.02. The first kappa shape index (κ1) is 20.5. The van der Waals surface area contributed by atoms with Crippen molar-refractivity contribution in [3.63, 3.8) is 0 Å². The molecule has 0 radical (unpaired) electrons. The number of methoxy groups -OCH3 is 1. The Kier molecular flexibility index (Phi) is 6.36. The zero-order chi connectivity index (χ0) is 20.8. The molecule has 150 valence electrons. The van der Waals surface area contributed by atoms with Gasteiger partial charge < -0.3 is 14.8 Å². The summed E-state index contributed by atoms with van der Waals surface area (Å²) in [4.78, 5) is 32.4. The molecule has 0 aliphatic carbocycles. The third kappa shape index (κ3) is 5.33. The second-order valence-corrected chi connectivity index (χ2v) is 5.20. The Morgan fingerprint density at radius 3 is 2.54 bits per heavy atom. The van der Waals surface area contributed by atoms with Gasteiger partial charge in [-0.2, -0.15) is 0 Å². The number of hydrogen-bond acceptors (Lipinski definition) is 8. The van der Waals surface area contributed by atoms with Crippen LogP contribution in [0.1, 0.15) is 0 Å². The topological polar surface area (TPSA) is 152 Å². The van der Waals surface area contributed by atoms with Gasteiger partial charge in [0.25, 0.3) is 12.1 Å². The number of anilines is 1. The molecule has 28 heavy (non-hydrogen) atoms. The molecule has 0 atom stereocenters. The van der Waals surface area contributed by atoms with Gasteiger partial charge in [-0.25, -0.2) is 8.78 Å². The van der Waals surface area contributed by atoms with Gasteiger partial charge in [-0.05, 0) is 0 Å². The van der Waals surface area contributed by atoms with Crippen molar-refractivity contribution in [2.75, 3.05) is 19.0 Å².